The Bertz CT molecular complexity index is 553. The zero-order chi connectivity index (χ0) is 15.4. The van der Waals surface area contributed by atoms with E-state index in [1.165, 1.54) is 6.92 Å². The quantitative estimate of drug-likeness (QED) is 0.763. The number of carbonyl (C=O) groups is 3. The number of nitrogens with one attached hydrogen (secondary N) is 2. The van der Waals surface area contributed by atoms with Gasteiger partial charge in [-0.1, -0.05) is 12.1 Å². The Balaban J connectivity index is 1.84. The molecule has 1 saturated carbocycles. The zero-order valence-corrected chi connectivity index (χ0v) is 11.8. The maximum Gasteiger partial charge on any atom is 0.307 e. The Labute approximate surface area is 122 Å². The molecule has 2 atom stereocenters. The summed E-state index contributed by atoms with van der Waals surface area (Å²) in [6, 6.07) is 7.13. The molecule has 1 aliphatic carbocycles. The van der Waals surface area contributed by atoms with Crippen LogP contribution in [0.3, 0.4) is 0 Å². The van der Waals surface area contributed by atoms with Gasteiger partial charge in [0, 0.05) is 19.2 Å². The summed E-state index contributed by atoms with van der Waals surface area (Å²) in [7, 11) is 0. The lowest BCUT2D eigenvalue weighted by Gasteiger charge is -2.31. The number of amides is 2. The first-order valence-corrected chi connectivity index (χ1v) is 6.84. The van der Waals surface area contributed by atoms with Crippen LogP contribution in [0.5, 0.6) is 0 Å². The van der Waals surface area contributed by atoms with Gasteiger partial charge in [0.15, 0.2) is 0 Å². The maximum atomic E-state index is 11.9. The molecule has 6 heteroatoms. The van der Waals surface area contributed by atoms with E-state index in [9.17, 15) is 14.4 Å². The Hall–Kier alpha value is -2.37. The lowest BCUT2D eigenvalue weighted by atomic mass is 9.73. The van der Waals surface area contributed by atoms with E-state index in [0.29, 0.717) is 25.1 Å². The van der Waals surface area contributed by atoms with Crippen molar-refractivity contribution in [3.63, 3.8) is 0 Å². The lowest BCUT2D eigenvalue weighted by Crippen LogP contribution is -2.43. The number of aliphatic carboxylic acids is 1. The normalized spacial score (nSPS) is 20.2. The van der Waals surface area contributed by atoms with E-state index in [4.69, 9.17) is 5.11 Å². The molecule has 1 fully saturated rings. The molecule has 1 aromatic carbocycles. The van der Waals surface area contributed by atoms with Gasteiger partial charge >= 0.3 is 5.97 Å². The van der Waals surface area contributed by atoms with E-state index < -0.39 is 17.8 Å². The van der Waals surface area contributed by atoms with Gasteiger partial charge in [0.05, 0.1) is 11.8 Å². The third-order valence-corrected chi connectivity index (χ3v) is 3.67. The lowest BCUT2D eigenvalue weighted by molar-refractivity contribution is -0.152. The molecule has 0 radical (unpaired) electrons. The Morgan fingerprint density at radius 1 is 1.14 bits per heavy atom. The van der Waals surface area contributed by atoms with Crippen molar-refractivity contribution in [2.24, 2.45) is 11.8 Å². The average Bonchev–Trinajstić information content (AvgIpc) is 2.35. The van der Waals surface area contributed by atoms with Gasteiger partial charge in [-0.2, -0.15) is 0 Å². The zero-order valence-electron chi connectivity index (χ0n) is 11.8. The summed E-state index contributed by atoms with van der Waals surface area (Å²) in [4.78, 5) is 33.7. The third kappa shape index (κ3) is 3.81. The fourth-order valence-electron chi connectivity index (χ4n) is 2.34. The molecule has 1 aromatic rings. The first kappa shape index (κ1) is 15.0. The molecule has 0 spiro atoms. The molecule has 0 aromatic heterocycles. The summed E-state index contributed by atoms with van der Waals surface area (Å²) < 4.78 is 0. The Morgan fingerprint density at radius 3 is 2.24 bits per heavy atom. The number of anilines is 1. The number of hydrogen-bond donors (Lipinski definition) is 3. The number of hydrogen-bond acceptors (Lipinski definition) is 3. The minimum Gasteiger partial charge on any atom is -0.481 e. The van der Waals surface area contributed by atoms with Crippen molar-refractivity contribution in [2.45, 2.75) is 26.3 Å². The van der Waals surface area contributed by atoms with Crippen molar-refractivity contribution in [3.05, 3.63) is 29.8 Å². The second-order valence-corrected chi connectivity index (χ2v) is 5.22. The van der Waals surface area contributed by atoms with Gasteiger partial charge in [-0.3, -0.25) is 14.4 Å². The van der Waals surface area contributed by atoms with Gasteiger partial charge in [0.25, 0.3) is 0 Å². The highest BCUT2D eigenvalue weighted by molar-refractivity contribution is 5.88. The Morgan fingerprint density at radius 2 is 1.76 bits per heavy atom. The SMILES string of the molecule is CC(=O)Nc1ccc(CNC(=O)C2CCC2C(=O)O)cc1. The van der Waals surface area contributed by atoms with Crippen LogP contribution in [0.2, 0.25) is 0 Å². The van der Waals surface area contributed by atoms with Crippen LogP contribution in [-0.4, -0.2) is 22.9 Å². The van der Waals surface area contributed by atoms with Gasteiger partial charge in [-0.15, -0.1) is 0 Å². The van der Waals surface area contributed by atoms with Crippen LogP contribution in [-0.2, 0) is 20.9 Å². The molecule has 112 valence electrons. The van der Waals surface area contributed by atoms with Crippen molar-refractivity contribution < 1.29 is 19.5 Å². The second kappa shape index (κ2) is 6.39. The molecule has 3 N–H and O–H groups in total. The largest absolute Gasteiger partial charge is 0.481 e. The summed E-state index contributed by atoms with van der Waals surface area (Å²) in [6.45, 7) is 1.79. The average molecular weight is 290 g/mol. The van der Waals surface area contributed by atoms with Crippen LogP contribution in [0.15, 0.2) is 24.3 Å². The van der Waals surface area contributed by atoms with Crippen LogP contribution >= 0.6 is 0 Å². The minimum absolute atomic E-state index is 0.138. The molecule has 0 heterocycles. The molecule has 6 nitrogen and oxygen atoms in total. The van der Waals surface area contributed by atoms with E-state index in [1.807, 2.05) is 0 Å². The highest BCUT2D eigenvalue weighted by atomic mass is 16.4. The molecule has 21 heavy (non-hydrogen) atoms. The predicted octanol–water partition coefficient (Wildman–Crippen LogP) is 1.37. The molecule has 0 saturated heterocycles. The van der Waals surface area contributed by atoms with Crippen LogP contribution in [0, 0.1) is 11.8 Å². The van der Waals surface area contributed by atoms with Gasteiger partial charge in [0.1, 0.15) is 0 Å². The van der Waals surface area contributed by atoms with E-state index in [0.717, 1.165) is 5.56 Å². The van der Waals surface area contributed by atoms with E-state index in [2.05, 4.69) is 10.6 Å². The summed E-state index contributed by atoms with van der Waals surface area (Å²) >= 11 is 0. The summed E-state index contributed by atoms with van der Waals surface area (Å²) in [6.07, 6.45) is 1.20. The number of benzene rings is 1. The molecule has 1 aliphatic rings. The second-order valence-electron chi connectivity index (χ2n) is 5.22. The monoisotopic (exact) mass is 290 g/mol. The van der Waals surface area contributed by atoms with Gasteiger partial charge in [-0.05, 0) is 30.5 Å². The molecular weight excluding hydrogens is 272 g/mol. The van der Waals surface area contributed by atoms with Crippen LogP contribution < -0.4 is 10.6 Å². The van der Waals surface area contributed by atoms with Gasteiger partial charge in [0.2, 0.25) is 11.8 Å². The summed E-state index contributed by atoms with van der Waals surface area (Å²) in [5.74, 6) is -2.21. The number of carbonyl (C=O) groups excluding carboxylic acids is 2. The highest BCUT2D eigenvalue weighted by Gasteiger charge is 2.41. The van der Waals surface area contributed by atoms with Crippen molar-refractivity contribution >= 4 is 23.5 Å². The molecule has 0 aliphatic heterocycles. The highest BCUT2D eigenvalue weighted by Crippen LogP contribution is 2.34. The van der Waals surface area contributed by atoms with E-state index in [1.54, 1.807) is 24.3 Å². The maximum absolute atomic E-state index is 11.9. The molecular formula is C15H18N2O4. The molecule has 0 bridgehead atoms. The van der Waals surface area contributed by atoms with E-state index >= 15 is 0 Å². The predicted molar refractivity (Wildman–Crippen MR) is 76.4 cm³/mol. The smallest absolute Gasteiger partial charge is 0.307 e. The Kier molecular flexibility index (Phi) is 4.57. The first-order valence-electron chi connectivity index (χ1n) is 6.84. The van der Waals surface area contributed by atoms with Crippen molar-refractivity contribution in [3.8, 4) is 0 Å². The minimum atomic E-state index is -0.902. The number of carboxylic acids is 1. The van der Waals surface area contributed by atoms with Crippen LogP contribution in [0.25, 0.3) is 0 Å². The summed E-state index contributed by atoms with van der Waals surface area (Å²) in [5.41, 5.74) is 1.59. The first-order chi connectivity index (χ1) is 9.97. The van der Waals surface area contributed by atoms with Crippen molar-refractivity contribution in [2.75, 3.05) is 5.32 Å². The molecule has 2 unspecified atom stereocenters. The van der Waals surface area contributed by atoms with Crippen LogP contribution in [0.1, 0.15) is 25.3 Å². The number of carboxylic acid groups (broad SMARTS) is 1. The third-order valence-electron chi connectivity index (χ3n) is 3.67. The number of rotatable bonds is 5. The standard InChI is InChI=1S/C15H18N2O4/c1-9(18)17-11-4-2-10(3-5-11)8-16-14(19)12-6-7-13(12)15(20)21/h2-5,12-13H,6-8H2,1H3,(H,16,19)(H,17,18)(H,20,21). The van der Waals surface area contributed by atoms with Crippen LogP contribution in [0.4, 0.5) is 5.69 Å². The topological polar surface area (TPSA) is 95.5 Å². The van der Waals surface area contributed by atoms with Gasteiger partial charge in [-0.25, -0.2) is 0 Å². The van der Waals surface area contributed by atoms with E-state index in [-0.39, 0.29) is 11.8 Å². The van der Waals surface area contributed by atoms with Crippen molar-refractivity contribution in [1.82, 2.24) is 5.32 Å². The van der Waals surface area contributed by atoms with Crippen molar-refractivity contribution in [1.29, 1.82) is 0 Å². The molecule has 2 rings (SSSR count). The van der Waals surface area contributed by atoms with Gasteiger partial charge < -0.3 is 15.7 Å². The summed E-state index contributed by atoms with van der Waals surface area (Å²) in [5, 5.41) is 14.3. The molecule has 2 amide bonds. The fourth-order valence-corrected chi connectivity index (χ4v) is 2.34. The fraction of sp³-hybridized carbons (Fsp3) is 0.400.